The van der Waals surface area contributed by atoms with Crippen molar-refractivity contribution in [2.75, 3.05) is 19.6 Å². The van der Waals surface area contributed by atoms with Crippen LogP contribution in [0.25, 0.3) is 0 Å². The number of carbonyl (C=O) groups excluding carboxylic acids is 3. The molecule has 15 nitrogen and oxygen atoms in total. The van der Waals surface area contributed by atoms with E-state index in [2.05, 4.69) is 15.6 Å². The van der Waals surface area contributed by atoms with Gasteiger partial charge in [0.2, 0.25) is 17.7 Å². The lowest BCUT2D eigenvalue weighted by Crippen LogP contribution is -2.57. The third-order valence-electron chi connectivity index (χ3n) is 5.70. The number of nitrogens with two attached hydrogens (primary N) is 4. The molecule has 1 fully saturated rings. The molecule has 1 aliphatic rings. The van der Waals surface area contributed by atoms with E-state index < -0.39 is 60.2 Å². The molecule has 0 aromatic rings. The molecule has 3 amide bonds. The van der Waals surface area contributed by atoms with Crippen molar-refractivity contribution in [3.8, 4) is 0 Å². The topological polar surface area (TPSA) is 270 Å². The van der Waals surface area contributed by atoms with Crippen molar-refractivity contribution in [3.05, 3.63) is 0 Å². The number of carboxylic acids is 2. The first-order chi connectivity index (χ1) is 17.0. The van der Waals surface area contributed by atoms with Gasteiger partial charge in [0.1, 0.15) is 18.1 Å². The van der Waals surface area contributed by atoms with Gasteiger partial charge < -0.3 is 48.7 Å². The minimum atomic E-state index is -1.52. The SMILES string of the molecule is NCCCCC(N)C(=O)NC(CCCN=C(N)N)C(=O)NC(CC(=O)O)C(=O)N1CCCC1C(=O)O. The Labute approximate surface area is 209 Å². The van der Waals surface area contributed by atoms with E-state index in [1.165, 1.54) is 0 Å². The van der Waals surface area contributed by atoms with Crippen LogP contribution in [0.1, 0.15) is 51.4 Å². The molecule has 4 unspecified atom stereocenters. The summed E-state index contributed by atoms with van der Waals surface area (Å²) in [6.45, 7) is 0.733. The summed E-state index contributed by atoms with van der Waals surface area (Å²) < 4.78 is 0. The Morgan fingerprint density at radius 3 is 2.22 bits per heavy atom. The number of nitrogens with zero attached hydrogens (tertiary/aromatic N) is 2. The van der Waals surface area contributed by atoms with Gasteiger partial charge in [-0.05, 0) is 45.1 Å². The lowest BCUT2D eigenvalue weighted by atomic mass is 10.1. The summed E-state index contributed by atoms with van der Waals surface area (Å²) in [5.41, 5.74) is 22.0. The van der Waals surface area contributed by atoms with Crippen LogP contribution in [0.5, 0.6) is 0 Å². The number of aliphatic imine (C=N–C) groups is 1. The molecule has 0 bridgehead atoms. The molecule has 36 heavy (non-hydrogen) atoms. The van der Waals surface area contributed by atoms with Gasteiger partial charge in [-0.15, -0.1) is 0 Å². The highest BCUT2D eigenvalue weighted by molar-refractivity contribution is 5.95. The van der Waals surface area contributed by atoms with Crippen molar-refractivity contribution in [3.63, 3.8) is 0 Å². The maximum atomic E-state index is 13.1. The van der Waals surface area contributed by atoms with Gasteiger partial charge in [-0.25, -0.2) is 4.79 Å². The predicted molar refractivity (Wildman–Crippen MR) is 129 cm³/mol. The minimum absolute atomic E-state index is 0.0688. The number of nitrogens with one attached hydrogen (secondary N) is 2. The van der Waals surface area contributed by atoms with Gasteiger partial charge in [0.25, 0.3) is 0 Å². The molecule has 4 atom stereocenters. The molecular weight excluding hydrogens is 476 g/mol. The standard InChI is InChI=1S/C21H38N8O7/c22-8-2-1-5-12(23)17(32)27-13(6-3-9-26-21(24)25)18(33)28-14(11-16(30)31)19(34)29-10-4-7-15(29)20(35)36/h12-15H,1-11,22-23H2,(H,27,32)(H,28,33)(H,30,31)(H,35,36)(H4,24,25,26). The number of aliphatic carboxylic acids is 2. The molecule has 0 radical (unpaired) electrons. The molecule has 204 valence electrons. The highest BCUT2D eigenvalue weighted by Crippen LogP contribution is 2.19. The normalized spacial score (nSPS) is 17.5. The molecule has 0 saturated carbocycles. The van der Waals surface area contributed by atoms with E-state index in [1.54, 1.807) is 0 Å². The summed E-state index contributed by atoms with van der Waals surface area (Å²) in [6, 6.07) is -4.69. The van der Waals surface area contributed by atoms with Crippen molar-refractivity contribution in [2.45, 2.75) is 75.5 Å². The number of unbranched alkanes of at least 4 members (excludes halogenated alkanes) is 1. The van der Waals surface area contributed by atoms with E-state index in [0.717, 1.165) is 4.90 Å². The summed E-state index contributed by atoms with van der Waals surface area (Å²) in [5, 5.41) is 23.5. The quantitative estimate of drug-likeness (QED) is 0.0584. The van der Waals surface area contributed by atoms with Crippen LogP contribution < -0.4 is 33.6 Å². The van der Waals surface area contributed by atoms with Crippen molar-refractivity contribution in [2.24, 2.45) is 27.9 Å². The molecule has 0 aromatic carbocycles. The Morgan fingerprint density at radius 1 is 0.972 bits per heavy atom. The van der Waals surface area contributed by atoms with Crippen molar-refractivity contribution >= 4 is 35.6 Å². The van der Waals surface area contributed by atoms with E-state index in [9.17, 15) is 34.2 Å². The molecule has 0 spiro atoms. The number of rotatable bonds is 16. The van der Waals surface area contributed by atoms with Crippen LogP contribution in [0.3, 0.4) is 0 Å². The fourth-order valence-electron chi connectivity index (χ4n) is 3.83. The maximum absolute atomic E-state index is 13.1. The average Bonchev–Trinajstić information content (AvgIpc) is 3.29. The number of hydrogen-bond donors (Lipinski definition) is 8. The first kappa shape index (κ1) is 30.6. The van der Waals surface area contributed by atoms with Crippen LogP contribution in [-0.2, 0) is 24.0 Å². The second-order valence-corrected chi connectivity index (χ2v) is 8.59. The highest BCUT2D eigenvalue weighted by atomic mass is 16.4. The van der Waals surface area contributed by atoms with Crippen LogP contribution in [0.4, 0.5) is 0 Å². The fraction of sp³-hybridized carbons (Fsp3) is 0.714. The van der Waals surface area contributed by atoms with Gasteiger partial charge in [-0.3, -0.25) is 24.2 Å². The van der Waals surface area contributed by atoms with Crippen LogP contribution in [0.15, 0.2) is 4.99 Å². The molecule has 0 aliphatic carbocycles. The molecule has 1 heterocycles. The lowest BCUT2D eigenvalue weighted by molar-refractivity contribution is -0.150. The van der Waals surface area contributed by atoms with Gasteiger partial charge in [0.05, 0.1) is 12.5 Å². The number of carboxylic acid groups (broad SMARTS) is 2. The zero-order chi connectivity index (χ0) is 27.3. The van der Waals surface area contributed by atoms with Gasteiger partial charge >= 0.3 is 11.9 Å². The van der Waals surface area contributed by atoms with Gasteiger partial charge in [0, 0.05) is 13.1 Å². The van der Waals surface area contributed by atoms with Gasteiger partial charge in [0.15, 0.2) is 5.96 Å². The molecule has 1 saturated heterocycles. The third kappa shape index (κ3) is 10.4. The number of guanidine groups is 1. The van der Waals surface area contributed by atoms with E-state index in [4.69, 9.17) is 22.9 Å². The van der Waals surface area contributed by atoms with E-state index in [1.807, 2.05) is 0 Å². The van der Waals surface area contributed by atoms with Crippen LogP contribution >= 0.6 is 0 Å². The monoisotopic (exact) mass is 514 g/mol. The Kier molecular flexibility index (Phi) is 13.2. The highest BCUT2D eigenvalue weighted by Gasteiger charge is 2.39. The van der Waals surface area contributed by atoms with Crippen LogP contribution in [-0.4, -0.2) is 94.5 Å². The second kappa shape index (κ2) is 15.5. The summed E-state index contributed by atoms with van der Waals surface area (Å²) in [5.74, 6) is -4.95. The average molecular weight is 515 g/mol. The Hall–Kier alpha value is -3.46. The van der Waals surface area contributed by atoms with Crippen molar-refractivity contribution in [1.29, 1.82) is 0 Å². The van der Waals surface area contributed by atoms with Gasteiger partial charge in [-0.2, -0.15) is 0 Å². The molecular formula is C21H38N8O7. The van der Waals surface area contributed by atoms with Gasteiger partial charge in [-0.1, -0.05) is 6.42 Å². The molecule has 1 aliphatic heterocycles. The molecule has 0 aromatic heterocycles. The zero-order valence-electron chi connectivity index (χ0n) is 20.2. The zero-order valence-corrected chi connectivity index (χ0v) is 20.2. The Morgan fingerprint density at radius 2 is 1.64 bits per heavy atom. The third-order valence-corrected chi connectivity index (χ3v) is 5.70. The molecule has 15 heteroatoms. The van der Waals surface area contributed by atoms with E-state index >= 15 is 0 Å². The summed E-state index contributed by atoms with van der Waals surface area (Å²) in [7, 11) is 0. The summed E-state index contributed by atoms with van der Waals surface area (Å²) in [4.78, 5) is 66.4. The predicted octanol–water partition coefficient (Wildman–Crippen LogP) is -2.98. The molecule has 1 rings (SSSR count). The first-order valence-electron chi connectivity index (χ1n) is 11.8. The smallest absolute Gasteiger partial charge is 0.326 e. The Bertz CT molecular complexity index is 818. The minimum Gasteiger partial charge on any atom is -0.481 e. The van der Waals surface area contributed by atoms with Crippen molar-refractivity contribution in [1.82, 2.24) is 15.5 Å². The molecule has 12 N–H and O–H groups in total. The summed E-state index contributed by atoms with van der Waals surface area (Å²) >= 11 is 0. The van der Waals surface area contributed by atoms with Crippen LogP contribution in [0.2, 0.25) is 0 Å². The lowest BCUT2D eigenvalue weighted by Gasteiger charge is -2.28. The van der Waals surface area contributed by atoms with E-state index in [0.29, 0.717) is 32.2 Å². The van der Waals surface area contributed by atoms with Crippen LogP contribution in [0, 0.1) is 0 Å². The number of carbonyl (C=O) groups is 5. The second-order valence-electron chi connectivity index (χ2n) is 8.59. The van der Waals surface area contributed by atoms with Crippen molar-refractivity contribution < 1.29 is 34.2 Å². The number of likely N-dealkylation sites (tertiary alicyclic amines) is 1. The Balaban J connectivity index is 2.99. The first-order valence-corrected chi connectivity index (χ1v) is 11.8. The fourth-order valence-corrected chi connectivity index (χ4v) is 3.83. The number of amides is 3. The maximum Gasteiger partial charge on any atom is 0.326 e. The number of hydrogen-bond acceptors (Lipinski definition) is 8. The largest absolute Gasteiger partial charge is 0.481 e. The summed E-state index contributed by atoms with van der Waals surface area (Å²) in [6.07, 6.45) is 1.88. The van der Waals surface area contributed by atoms with E-state index in [-0.39, 0.29) is 38.3 Å².